The van der Waals surface area contributed by atoms with Gasteiger partial charge in [0, 0.05) is 42.5 Å². The summed E-state index contributed by atoms with van der Waals surface area (Å²) >= 11 is 5.88. The lowest BCUT2D eigenvalue weighted by atomic mass is 9.82. The minimum atomic E-state index is -1.19. The number of benzene rings is 1. The minimum absolute atomic E-state index is 0.0886. The summed E-state index contributed by atoms with van der Waals surface area (Å²) in [6.45, 7) is 13.8. The molecule has 0 amide bonds. The summed E-state index contributed by atoms with van der Waals surface area (Å²) in [6.07, 6.45) is 4.75. The maximum absolute atomic E-state index is 13.4. The molecule has 0 saturated carbocycles. The molecule has 1 fully saturated rings. The van der Waals surface area contributed by atoms with Crippen molar-refractivity contribution in [3.05, 3.63) is 70.4 Å². The van der Waals surface area contributed by atoms with Crippen LogP contribution in [0.5, 0.6) is 5.75 Å². The smallest absolute Gasteiger partial charge is 0.337 e. The van der Waals surface area contributed by atoms with Crippen molar-refractivity contribution in [1.82, 2.24) is 9.97 Å². The minimum Gasteiger partial charge on any atom is -0.492 e. The zero-order valence-electron chi connectivity index (χ0n) is 24.6. The van der Waals surface area contributed by atoms with Crippen molar-refractivity contribution < 1.29 is 23.8 Å². The summed E-state index contributed by atoms with van der Waals surface area (Å²) in [5.41, 5.74) is 3.80. The molecule has 41 heavy (non-hydrogen) atoms. The largest absolute Gasteiger partial charge is 0.492 e. The number of carbonyl (C=O) groups is 1. The molecule has 2 aromatic heterocycles. The second-order valence-corrected chi connectivity index (χ2v) is 12.8. The maximum Gasteiger partial charge on any atom is 0.337 e. The molecular formula is C32H39ClFN3O4. The monoisotopic (exact) mass is 583 g/mol. The zero-order chi connectivity index (χ0) is 29.9. The van der Waals surface area contributed by atoms with Crippen LogP contribution in [-0.2, 0) is 16.0 Å². The van der Waals surface area contributed by atoms with E-state index in [1.165, 1.54) is 6.07 Å². The van der Waals surface area contributed by atoms with E-state index in [2.05, 4.69) is 28.7 Å². The first-order chi connectivity index (χ1) is 19.2. The van der Waals surface area contributed by atoms with Gasteiger partial charge in [-0.1, -0.05) is 31.5 Å². The van der Waals surface area contributed by atoms with Gasteiger partial charge in [-0.3, -0.25) is 9.97 Å². The van der Waals surface area contributed by atoms with Crippen molar-refractivity contribution >= 4 is 23.3 Å². The normalized spacial score (nSPS) is 16.0. The van der Waals surface area contributed by atoms with E-state index < -0.39 is 23.5 Å². The number of carboxylic acid groups (broad SMARTS) is 1. The summed E-state index contributed by atoms with van der Waals surface area (Å²) in [6, 6.07) is 8.33. The van der Waals surface area contributed by atoms with E-state index in [1.54, 1.807) is 24.5 Å². The van der Waals surface area contributed by atoms with Crippen molar-refractivity contribution in [3.8, 4) is 17.0 Å². The fourth-order valence-electron chi connectivity index (χ4n) is 4.98. The number of piperidine rings is 1. The number of aliphatic carboxylic acids is 1. The molecule has 0 spiro atoms. The van der Waals surface area contributed by atoms with E-state index in [-0.39, 0.29) is 10.4 Å². The molecule has 0 unspecified atom stereocenters. The number of aryl methyl sites for hydroxylation is 1. The predicted molar refractivity (Wildman–Crippen MR) is 159 cm³/mol. The zero-order valence-corrected chi connectivity index (χ0v) is 25.4. The van der Waals surface area contributed by atoms with Gasteiger partial charge in [0.25, 0.3) is 0 Å². The van der Waals surface area contributed by atoms with Gasteiger partial charge in [0.2, 0.25) is 0 Å². The SMILES string of the molecule is Cc1ncc(-c2ccc(OCCc3ccc(F)c(Cl)c3)cn2)c(N2CCC(C)(C)CC2)c1[C@H](OC(C)(C)C)C(=O)O. The Balaban J connectivity index is 1.66. The topological polar surface area (TPSA) is 84.8 Å². The molecule has 1 atom stereocenters. The third kappa shape index (κ3) is 7.74. The third-order valence-corrected chi connectivity index (χ3v) is 7.62. The molecule has 3 heterocycles. The summed E-state index contributed by atoms with van der Waals surface area (Å²) < 4.78 is 25.4. The third-order valence-electron chi connectivity index (χ3n) is 7.33. The second-order valence-electron chi connectivity index (χ2n) is 12.3. The average molecular weight is 584 g/mol. The van der Waals surface area contributed by atoms with Gasteiger partial charge in [-0.2, -0.15) is 0 Å². The van der Waals surface area contributed by atoms with Crippen LogP contribution in [0.1, 0.15) is 70.4 Å². The molecule has 0 radical (unpaired) electrons. The van der Waals surface area contributed by atoms with Crippen LogP contribution in [0.4, 0.5) is 10.1 Å². The Labute approximate surface area is 246 Å². The van der Waals surface area contributed by atoms with Gasteiger partial charge < -0.3 is 19.5 Å². The molecule has 1 aromatic carbocycles. The Bertz CT molecular complexity index is 1380. The summed E-state index contributed by atoms with van der Waals surface area (Å²) in [7, 11) is 0. The summed E-state index contributed by atoms with van der Waals surface area (Å²) in [5, 5.41) is 10.4. The number of halogens is 2. The fourth-order valence-corrected chi connectivity index (χ4v) is 5.18. The highest BCUT2D eigenvalue weighted by atomic mass is 35.5. The fraction of sp³-hybridized carbons (Fsp3) is 0.469. The highest BCUT2D eigenvalue weighted by molar-refractivity contribution is 6.30. The molecule has 4 rings (SSSR count). The van der Waals surface area contributed by atoms with Gasteiger partial charge in [0.05, 0.1) is 34.8 Å². The molecule has 0 bridgehead atoms. The molecule has 1 aliphatic rings. The van der Waals surface area contributed by atoms with E-state index in [9.17, 15) is 14.3 Å². The molecule has 220 valence electrons. The Kier molecular flexibility index (Phi) is 9.24. The van der Waals surface area contributed by atoms with Crippen LogP contribution in [0.15, 0.2) is 42.7 Å². The van der Waals surface area contributed by atoms with Crippen LogP contribution in [0, 0.1) is 18.2 Å². The maximum atomic E-state index is 13.4. The molecule has 9 heteroatoms. The number of rotatable bonds is 9. The number of hydrogen-bond donors (Lipinski definition) is 1. The first-order valence-electron chi connectivity index (χ1n) is 13.9. The van der Waals surface area contributed by atoms with E-state index in [1.807, 2.05) is 39.8 Å². The summed E-state index contributed by atoms with van der Waals surface area (Å²) in [5.74, 6) is -0.917. The van der Waals surface area contributed by atoms with Crippen LogP contribution in [0.3, 0.4) is 0 Å². The van der Waals surface area contributed by atoms with E-state index in [0.717, 1.165) is 42.7 Å². The quantitative estimate of drug-likeness (QED) is 0.280. The number of ether oxygens (including phenoxy) is 2. The van der Waals surface area contributed by atoms with Gasteiger partial charge >= 0.3 is 5.97 Å². The van der Waals surface area contributed by atoms with Crippen molar-refractivity contribution in [2.24, 2.45) is 5.41 Å². The van der Waals surface area contributed by atoms with Crippen LogP contribution in [-0.4, -0.2) is 46.3 Å². The average Bonchev–Trinajstić information content (AvgIpc) is 2.89. The Morgan fingerprint density at radius 1 is 1.15 bits per heavy atom. The second kappa shape index (κ2) is 12.3. The van der Waals surface area contributed by atoms with Crippen molar-refractivity contribution in [2.45, 2.75) is 72.5 Å². The molecule has 7 nitrogen and oxygen atoms in total. The first-order valence-corrected chi connectivity index (χ1v) is 14.3. The Morgan fingerprint density at radius 3 is 2.44 bits per heavy atom. The number of nitrogens with zero attached hydrogens (tertiary/aromatic N) is 3. The Morgan fingerprint density at radius 2 is 1.85 bits per heavy atom. The van der Waals surface area contributed by atoms with Crippen molar-refractivity contribution in [2.75, 3.05) is 24.6 Å². The predicted octanol–water partition coefficient (Wildman–Crippen LogP) is 7.43. The van der Waals surface area contributed by atoms with Crippen molar-refractivity contribution in [1.29, 1.82) is 0 Å². The molecule has 3 aromatic rings. The van der Waals surface area contributed by atoms with Crippen LogP contribution >= 0.6 is 11.6 Å². The number of anilines is 1. The molecular weight excluding hydrogens is 545 g/mol. The first kappa shape index (κ1) is 30.7. The molecule has 1 aliphatic heterocycles. The van der Waals surface area contributed by atoms with Crippen LogP contribution < -0.4 is 9.64 Å². The van der Waals surface area contributed by atoms with Crippen molar-refractivity contribution in [3.63, 3.8) is 0 Å². The van der Waals surface area contributed by atoms with Gasteiger partial charge in [-0.05, 0) is 75.8 Å². The lowest BCUT2D eigenvalue weighted by Crippen LogP contribution is -2.39. The lowest BCUT2D eigenvalue weighted by molar-refractivity contribution is -0.160. The van der Waals surface area contributed by atoms with Gasteiger partial charge in [-0.25, -0.2) is 9.18 Å². The van der Waals surface area contributed by atoms with Crippen LogP contribution in [0.2, 0.25) is 5.02 Å². The summed E-state index contributed by atoms with van der Waals surface area (Å²) in [4.78, 5) is 24.1. The highest BCUT2D eigenvalue weighted by Gasteiger charge is 2.36. The van der Waals surface area contributed by atoms with Gasteiger partial charge in [0.1, 0.15) is 11.6 Å². The van der Waals surface area contributed by atoms with Gasteiger partial charge in [0.15, 0.2) is 6.10 Å². The van der Waals surface area contributed by atoms with Crippen LogP contribution in [0.25, 0.3) is 11.3 Å². The standard InChI is InChI=1S/C32H39ClFN3O4/c1-20-27(29(30(38)39)41-31(2,3)4)28(37-14-12-32(5,6)13-15-37)23(19-35-20)26-10-8-22(18-36-26)40-16-11-21-7-9-25(34)24(33)17-21/h7-10,17-19,29H,11-16H2,1-6H3,(H,38,39)/t29-/m0/s1. The van der Waals surface area contributed by atoms with E-state index >= 15 is 0 Å². The van der Waals surface area contributed by atoms with E-state index in [0.29, 0.717) is 35.7 Å². The highest BCUT2D eigenvalue weighted by Crippen LogP contribution is 2.43. The number of hydrogen-bond acceptors (Lipinski definition) is 6. The number of aromatic nitrogens is 2. The number of carboxylic acids is 1. The lowest BCUT2D eigenvalue weighted by Gasteiger charge is -2.40. The van der Waals surface area contributed by atoms with E-state index in [4.69, 9.17) is 21.1 Å². The number of pyridine rings is 2. The molecule has 0 aliphatic carbocycles. The molecule has 1 N–H and O–H groups in total. The van der Waals surface area contributed by atoms with Gasteiger partial charge in [-0.15, -0.1) is 0 Å². The molecule has 1 saturated heterocycles. The Hall–Kier alpha value is -3.23.